The van der Waals surface area contributed by atoms with E-state index < -0.39 is 0 Å². The van der Waals surface area contributed by atoms with Crippen LogP contribution in [-0.2, 0) is 18.5 Å². The number of nitrogens with one attached hydrogen (secondary N) is 2. The summed E-state index contributed by atoms with van der Waals surface area (Å²) in [4.78, 5) is 23.9. The van der Waals surface area contributed by atoms with Crippen molar-refractivity contribution >= 4 is 47.2 Å². The first kappa shape index (κ1) is 23.8. The van der Waals surface area contributed by atoms with E-state index in [1.165, 1.54) is 6.07 Å². The van der Waals surface area contributed by atoms with Gasteiger partial charge in [0.1, 0.15) is 11.8 Å². The van der Waals surface area contributed by atoms with Crippen LogP contribution in [0, 0.1) is 0 Å². The van der Waals surface area contributed by atoms with Crippen LogP contribution >= 0.6 is 35.4 Å². The third-order valence-electron chi connectivity index (χ3n) is 3.69. The molecule has 2 rings (SSSR count). The molecular weight excluding hydrogens is 441 g/mol. The first-order valence-electron chi connectivity index (χ1n) is 8.79. The maximum atomic E-state index is 12.0. The van der Waals surface area contributed by atoms with Gasteiger partial charge in [-0.25, -0.2) is 4.31 Å². The molecule has 1 aliphatic heterocycles. The number of carbonyl (C=O) groups is 2. The van der Waals surface area contributed by atoms with Crippen LogP contribution in [0.15, 0.2) is 30.5 Å². The molecule has 0 aromatic heterocycles. The molecule has 0 spiro atoms. The predicted molar refractivity (Wildman–Crippen MR) is 113 cm³/mol. The summed E-state index contributed by atoms with van der Waals surface area (Å²) >= 11 is 12.9. The summed E-state index contributed by atoms with van der Waals surface area (Å²) in [7, 11) is 1.60. The zero-order valence-corrected chi connectivity index (χ0v) is 18.2. The Hall–Kier alpha value is -1.49. The molecule has 1 heterocycles. The fourth-order valence-corrected chi connectivity index (χ4v) is 3.08. The Morgan fingerprint density at radius 2 is 2.10 bits per heavy atom. The van der Waals surface area contributed by atoms with Crippen molar-refractivity contribution < 1.29 is 23.2 Å². The van der Waals surface area contributed by atoms with Gasteiger partial charge >= 0.3 is 0 Å². The first-order valence-corrected chi connectivity index (χ1v) is 10.2. The lowest BCUT2D eigenvalue weighted by atomic mass is 10.3. The third kappa shape index (κ3) is 8.81. The smallest absolute Gasteiger partial charge is 0.262 e. The van der Waals surface area contributed by atoms with E-state index in [0.717, 1.165) is 12.2 Å². The number of methoxy groups -OCH3 is 1. The molecule has 1 aromatic carbocycles. The molecule has 0 saturated carbocycles. The highest BCUT2D eigenvalue weighted by atomic mass is 35.5. The van der Waals surface area contributed by atoms with E-state index >= 15 is 0 Å². The monoisotopic (exact) mass is 463 g/mol. The van der Waals surface area contributed by atoms with E-state index in [2.05, 4.69) is 17.2 Å². The number of benzene rings is 1. The Kier molecular flexibility index (Phi) is 10.1. The number of hydrogen-bond donors (Lipinski definition) is 2. The van der Waals surface area contributed by atoms with Gasteiger partial charge in [-0.1, -0.05) is 29.8 Å². The van der Waals surface area contributed by atoms with Crippen LogP contribution in [0.2, 0.25) is 10.0 Å². The molecule has 160 valence electrons. The van der Waals surface area contributed by atoms with E-state index in [0.29, 0.717) is 54.2 Å². The molecule has 11 heteroatoms. The van der Waals surface area contributed by atoms with Crippen LogP contribution in [-0.4, -0.2) is 62.2 Å². The largest absolute Gasteiger partial charge is 0.484 e. The van der Waals surface area contributed by atoms with E-state index in [9.17, 15) is 9.59 Å². The van der Waals surface area contributed by atoms with Crippen LogP contribution in [0.25, 0.3) is 0 Å². The molecule has 2 atom stereocenters. The number of rotatable bonds is 13. The van der Waals surface area contributed by atoms with Gasteiger partial charge in [0.2, 0.25) is 5.91 Å². The van der Waals surface area contributed by atoms with Gasteiger partial charge in [0.15, 0.2) is 6.61 Å². The number of hydrogen-bond acceptors (Lipinski definition) is 7. The van der Waals surface area contributed by atoms with Gasteiger partial charge in [0, 0.05) is 38.4 Å². The lowest BCUT2D eigenvalue weighted by Crippen LogP contribution is -2.33. The fraction of sp³-hybridized carbons (Fsp3) is 0.444. The van der Waals surface area contributed by atoms with E-state index in [1.54, 1.807) is 19.2 Å². The molecule has 1 saturated heterocycles. The lowest BCUT2D eigenvalue weighted by molar-refractivity contribution is -0.122. The molecule has 8 nitrogen and oxygen atoms in total. The van der Waals surface area contributed by atoms with Crippen LogP contribution in [0.3, 0.4) is 0 Å². The maximum absolute atomic E-state index is 12.0. The molecule has 2 unspecified atom stereocenters. The summed E-state index contributed by atoms with van der Waals surface area (Å²) in [6.45, 7) is 5.55. The van der Waals surface area contributed by atoms with Crippen molar-refractivity contribution in [3.63, 3.8) is 0 Å². The zero-order chi connectivity index (χ0) is 21.2. The highest BCUT2D eigenvalue weighted by Crippen LogP contribution is 2.28. The van der Waals surface area contributed by atoms with Gasteiger partial charge in [-0.3, -0.25) is 13.8 Å². The minimum Gasteiger partial charge on any atom is -0.484 e. The summed E-state index contributed by atoms with van der Waals surface area (Å²) in [5.74, 6) is -0.00854. The second-order valence-corrected chi connectivity index (χ2v) is 7.73. The first-order chi connectivity index (χ1) is 13.9. The lowest BCUT2D eigenvalue weighted by Gasteiger charge is -2.11. The molecule has 2 amide bonds. The Morgan fingerprint density at radius 3 is 2.83 bits per heavy atom. The maximum Gasteiger partial charge on any atom is 0.262 e. The van der Waals surface area contributed by atoms with Gasteiger partial charge in [-0.05, 0) is 12.1 Å². The number of halogens is 2. The molecule has 2 N–H and O–H groups in total. The molecule has 0 aliphatic carbocycles. The quantitative estimate of drug-likeness (QED) is 0.201. The van der Waals surface area contributed by atoms with Crippen molar-refractivity contribution in [2.24, 2.45) is 0 Å². The summed E-state index contributed by atoms with van der Waals surface area (Å²) < 4.78 is 17.3. The Bertz CT molecular complexity index is 737. The Balaban J connectivity index is 1.55. The predicted octanol–water partition coefficient (Wildman–Crippen LogP) is 2.42. The summed E-state index contributed by atoms with van der Waals surface area (Å²) in [6.07, 6.45) is 0.411. The average Bonchev–Trinajstić information content (AvgIpc) is 3.46. The highest BCUT2D eigenvalue weighted by molar-refractivity contribution is 7.92. The number of carbonyl (C=O) groups excluding carboxylic acids is 2. The summed E-state index contributed by atoms with van der Waals surface area (Å²) in [5, 5.41) is 6.19. The second kappa shape index (κ2) is 12.3. The number of nitrogens with zero attached hydrogens (tertiary/aromatic N) is 1. The Morgan fingerprint density at radius 1 is 1.31 bits per heavy atom. The molecular formula is C18H23Cl2N3O5S. The molecule has 1 fully saturated rings. The van der Waals surface area contributed by atoms with Crippen molar-refractivity contribution in [1.29, 1.82) is 0 Å². The van der Waals surface area contributed by atoms with Gasteiger partial charge in [0.25, 0.3) is 5.91 Å². The number of ether oxygens (including phenoxy) is 2. The van der Waals surface area contributed by atoms with Crippen molar-refractivity contribution in [3.05, 3.63) is 40.5 Å². The van der Waals surface area contributed by atoms with E-state index in [-0.39, 0.29) is 24.5 Å². The second-order valence-electron chi connectivity index (χ2n) is 6.06. The minimum atomic E-state index is -0.356. The topological polar surface area (TPSA) is 88.9 Å². The molecule has 29 heavy (non-hydrogen) atoms. The number of amides is 2. The summed E-state index contributed by atoms with van der Waals surface area (Å²) in [6, 6.07) is 4.53. The van der Waals surface area contributed by atoms with Crippen LogP contribution in [0.4, 0.5) is 0 Å². The van der Waals surface area contributed by atoms with Crippen molar-refractivity contribution in [2.75, 3.05) is 40.0 Å². The molecule has 0 radical (unpaired) electrons. The summed E-state index contributed by atoms with van der Waals surface area (Å²) in [5.41, 5.74) is 0.484. The minimum absolute atomic E-state index is 0.0880. The van der Waals surface area contributed by atoms with Crippen molar-refractivity contribution in [1.82, 2.24) is 14.9 Å². The van der Waals surface area contributed by atoms with E-state index in [1.807, 2.05) is 4.31 Å². The Labute approximate surface area is 184 Å². The molecule has 1 aliphatic rings. The fourth-order valence-electron chi connectivity index (χ4n) is 2.11. The van der Waals surface area contributed by atoms with Crippen LogP contribution in [0.1, 0.15) is 6.42 Å². The van der Waals surface area contributed by atoms with Gasteiger partial charge < -0.3 is 20.1 Å². The third-order valence-corrected chi connectivity index (χ3v) is 5.30. The average molecular weight is 464 g/mol. The van der Waals surface area contributed by atoms with Gasteiger partial charge in [-0.15, -0.1) is 0 Å². The normalized spacial score (nSPS) is 17.5. The molecule has 0 bridgehead atoms. The van der Waals surface area contributed by atoms with Crippen LogP contribution < -0.4 is 15.4 Å². The van der Waals surface area contributed by atoms with E-state index in [4.69, 9.17) is 36.9 Å². The van der Waals surface area contributed by atoms with Gasteiger partial charge in [-0.2, -0.15) is 0 Å². The van der Waals surface area contributed by atoms with Gasteiger partial charge in [0.05, 0.1) is 35.5 Å². The van der Waals surface area contributed by atoms with Crippen LogP contribution in [0.5, 0.6) is 5.75 Å². The SMILES string of the molecule is C=C(CCNC(=O)C1CN1SOCCOC)NC(=O)COc1ccc(Cl)c(Cl)c1. The van der Waals surface area contributed by atoms with Crippen molar-refractivity contribution in [2.45, 2.75) is 12.5 Å². The standard InChI is InChI=1S/C18H23Cl2N3O5S/c1-12(22-17(24)11-27-13-3-4-14(19)15(20)9-13)5-6-21-18(25)16-10-23(16)29-28-8-7-26-2/h3-4,9,16H,1,5-8,10-11H2,2H3,(H,21,25)(H,22,24). The zero-order valence-electron chi connectivity index (χ0n) is 15.9. The molecule has 1 aromatic rings. The highest BCUT2D eigenvalue weighted by Gasteiger charge is 2.41. The van der Waals surface area contributed by atoms with Crippen molar-refractivity contribution in [3.8, 4) is 5.75 Å².